The summed E-state index contributed by atoms with van der Waals surface area (Å²) >= 11 is 6.02. The zero-order valence-electron chi connectivity index (χ0n) is 32.7. The normalized spacial score (nSPS) is 21.7. The Morgan fingerprint density at radius 3 is 2.11 bits per heavy atom. The Labute approximate surface area is 331 Å². The number of aliphatic hydroxyl groups is 2. The lowest BCUT2D eigenvalue weighted by atomic mass is 9.93. The summed E-state index contributed by atoms with van der Waals surface area (Å²) in [5.74, 6) is 0.234. The molecule has 1 aliphatic heterocycles. The number of nitrogens with zero attached hydrogens (tertiary/aromatic N) is 3. The highest BCUT2D eigenvalue weighted by Crippen LogP contribution is 2.46. The molecule has 0 saturated carbocycles. The number of unbranched alkanes of at least 4 members (excludes halogenated alkanes) is 15. The Hall–Kier alpha value is -2.16. The lowest BCUT2D eigenvalue weighted by Crippen LogP contribution is -2.39. The number of hydrogen-bond acceptors (Lipinski definition) is 11. The average molecular weight is 811 g/mol. The number of rotatable bonds is 29. The fraction of sp³-hybridized carbons (Fsp3) is 0.700. The van der Waals surface area contributed by atoms with Crippen LogP contribution in [0, 0.1) is 0 Å². The van der Waals surface area contributed by atoms with E-state index in [0.717, 1.165) is 18.4 Å². The maximum atomic E-state index is 13.0. The first-order valence-corrected chi connectivity index (χ1v) is 22.1. The molecule has 6 atom stereocenters. The second-order valence-corrected chi connectivity index (χ2v) is 16.7. The van der Waals surface area contributed by atoms with Crippen LogP contribution in [0.5, 0.6) is 0 Å². The molecule has 13 nitrogen and oxygen atoms in total. The van der Waals surface area contributed by atoms with Gasteiger partial charge in [0.15, 0.2) is 5.82 Å². The van der Waals surface area contributed by atoms with Crippen molar-refractivity contribution in [2.24, 2.45) is 0 Å². The predicted octanol–water partition coefficient (Wildman–Crippen LogP) is 8.30. The van der Waals surface area contributed by atoms with Gasteiger partial charge < -0.3 is 35.1 Å². The molecule has 0 aliphatic carbocycles. The van der Waals surface area contributed by atoms with Gasteiger partial charge in [-0.1, -0.05) is 127 Å². The fourth-order valence-electron chi connectivity index (χ4n) is 6.94. The zero-order valence-corrected chi connectivity index (χ0v) is 34.4. The van der Waals surface area contributed by atoms with E-state index in [1.54, 1.807) is 31.2 Å². The van der Waals surface area contributed by atoms with Gasteiger partial charge in [-0.2, -0.15) is 5.10 Å². The number of hydrogen-bond donors (Lipinski definition) is 4. The van der Waals surface area contributed by atoms with Crippen molar-refractivity contribution in [2.75, 3.05) is 32.2 Å². The summed E-state index contributed by atoms with van der Waals surface area (Å²) in [6.07, 6.45) is 17.3. The van der Waals surface area contributed by atoms with E-state index >= 15 is 0 Å². The molecule has 4 rings (SSSR count). The highest BCUT2D eigenvalue weighted by atomic mass is 35.5. The van der Waals surface area contributed by atoms with Crippen LogP contribution in [-0.2, 0) is 40.0 Å². The van der Waals surface area contributed by atoms with E-state index in [-0.39, 0.29) is 25.6 Å². The van der Waals surface area contributed by atoms with Crippen molar-refractivity contribution < 1.29 is 42.9 Å². The maximum absolute atomic E-state index is 13.0. The first-order chi connectivity index (χ1) is 26.5. The maximum Gasteiger partial charge on any atom is 0.472 e. The molecule has 0 amide bonds. The summed E-state index contributed by atoms with van der Waals surface area (Å²) in [5, 5.41) is 26.6. The average Bonchev–Trinajstić information content (AvgIpc) is 3.71. The number of nitrogen functional groups attached to an aromatic ring is 1. The first kappa shape index (κ1) is 45.5. The first-order valence-electron chi connectivity index (χ1n) is 20.2. The number of aromatic nitrogens is 3. The van der Waals surface area contributed by atoms with Crippen LogP contribution < -0.4 is 5.73 Å². The van der Waals surface area contributed by atoms with Crippen molar-refractivity contribution in [3.05, 3.63) is 59.0 Å². The van der Waals surface area contributed by atoms with E-state index in [0.29, 0.717) is 22.8 Å². The molecule has 1 saturated heterocycles. The Morgan fingerprint density at radius 1 is 0.891 bits per heavy atom. The van der Waals surface area contributed by atoms with Gasteiger partial charge in [-0.05, 0) is 43.2 Å². The van der Waals surface area contributed by atoms with Crippen LogP contribution in [0.4, 0.5) is 5.82 Å². The third kappa shape index (κ3) is 14.9. The molecule has 55 heavy (non-hydrogen) atoms. The highest BCUT2D eigenvalue weighted by Gasteiger charge is 2.54. The molecule has 0 spiro atoms. The summed E-state index contributed by atoms with van der Waals surface area (Å²) in [5.41, 5.74) is 6.29. The van der Waals surface area contributed by atoms with E-state index in [9.17, 15) is 19.7 Å². The van der Waals surface area contributed by atoms with Gasteiger partial charge in [0.1, 0.15) is 41.9 Å². The van der Waals surface area contributed by atoms with Crippen molar-refractivity contribution in [3.8, 4) is 0 Å². The molecule has 1 unspecified atom stereocenters. The summed E-state index contributed by atoms with van der Waals surface area (Å²) in [4.78, 5) is 14.5. The molecule has 15 heteroatoms. The monoisotopic (exact) mass is 810 g/mol. The quantitative estimate of drug-likeness (QED) is 0.0390. The van der Waals surface area contributed by atoms with Crippen LogP contribution in [0.3, 0.4) is 0 Å². The minimum atomic E-state index is -4.64. The number of ether oxygens (including phenoxy) is 3. The van der Waals surface area contributed by atoms with Crippen molar-refractivity contribution in [1.29, 1.82) is 0 Å². The molecule has 5 N–H and O–H groups in total. The standard InChI is InChI=1S/C40H64ClN4O9P/c1-3-4-5-6-7-8-9-10-11-12-13-14-15-16-17-18-25-50-27-33(51-26-31-19-21-32(41)22-20-31)28-52-55(48,49)53-29-35-37(46)38(47)40(2,54-35)36-24-23-34-39(42)43-30-44-45(34)36/h19-24,30,33,35,37-38,46-47H,3-18,25-29H2,1-2H3,(H,48,49)(H2,42,43,44)/t33-,35-,37-,38-,40+/m1/s1. The summed E-state index contributed by atoms with van der Waals surface area (Å²) in [6, 6.07) is 10.5. The number of fused-ring (bicyclic) bond motifs is 1. The van der Waals surface area contributed by atoms with Gasteiger partial charge in [-0.25, -0.2) is 14.1 Å². The van der Waals surface area contributed by atoms with Gasteiger partial charge in [0.2, 0.25) is 0 Å². The van der Waals surface area contributed by atoms with Crippen LogP contribution >= 0.6 is 19.4 Å². The van der Waals surface area contributed by atoms with Gasteiger partial charge in [0, 0.05) is 11.6 Å². The molecule has 310 valence electrons. The third-order valence-electron chi connectivity index (χ3n) is 10.3. The number of nitrogens with two attached hydrogens (primary N) is 1. The molecule has 0 bridgehead atoms. The van der Waals surface area contributed by atoms with Crippen molar-refractivity contribution in [2.45, 2.75) is 153 Å². The molecule has 3 heterocycles. The largest absolute Gasteiger partial charge is 0.472 e. The van der Waals surface area contributed by atoms with Crippen LogP contribution in [0.2, 0.25) is 5.02 Å². The topological polar surface area (TPSA) is 180 Å². The molecule has 1 aromatic carbocycles. The SMILES string of the molecule is CCCCCCCCCCCCCCCCCCOC[C@H](COP(=O)(O)OC[C@H]1O[C@@](C)(c2ccc3c(N)ncnn23)[C@H](O)[C@@H]1O)OCc1ccc(Cl)cc1. The van der Waals surface area contributed by atoms with Gasteiger partial charge >= 0.3 is 7.82 Å². The number of halogens is 1. The molecular formula is C40H64ClN4O9P. The highest BCUT2D eigenvalue weighted by molar-refractivity contribution is 7.47. The summed E-state index contributed by atoms with van der Waals surface area (Å²) in [7, 11) is -4.64. The molecule has 1 aliphatic rings. The van der Waals surface area contributed by atoms with Gasteiger partial charge in [0.25, 0.3) is 0 Å². The smallest absolute Gasteiger partial charge is 0.387 e. The van der Waals surface area contributed by atoms with Crippen molar-refractivity contribution in [3.63, 3.8) is 0 Å². The number of aliphatic hydroxyl groups excluding tert-OH is 2. The van der Waals surface area contributed by atoms with E-state index in [2.05, 4.69) is 17.0 Å². The fourth-order valence-corrected chi connectivity index (χ4v) is 7.83. The Kier molecular flexibility index (Phi) is 19.8. The molecule has 2 aromatic heterocycles. The Balaban J connectivity index is 1.15. The Morgan fingerprint density at radius 2 is 1.49 bits per heavy atom. The second-order valence-electron chi connectivity index (χ2n) is 14.9. The van der Waals surface area contributed by atoms with Crippen molar-refractivity contribution in [1.82, 2.24) is 14.6 Å². The van der Waals surface area contributed by atoms with E-state index in [4.69, 9.17) is 40.6 Å². The van der Waals surface area contributed by atoms with Gasteiger partial charge in [-0.15, -0.1) is 0 Å². The minimum absolute atomic E-state index is 0.153. The van der Waals surface area contributed by atoms with Crippen LogP contribution in [0.15, 0.2) is 42.7 Å². The number of anilines is 1. The predicted molar refractivity (Wildman–Crippen MR) is 214 cm³/mol. The summed E-state index contributed by atoms with van der Waals surface area (Å²) < 4.78 is 43.0. The molecular weight excluding hydrogens is 747 g/mol. The number of phosphoric ester groups is 1. The van der Waals surface area contributed by atoms with Crippen molar-refractivity contribution >= 4 is 30.8 Å². The van der Waals surface area contributed by atoms with E-state index in [1.807, 2.05) is 12.1 Å². The number of benzene rings is 1. The minimum Gasteiger partial charge on any atom is -0.387 e. The van der Waals surface area contributed by atoms with Crippen LogP contribution in [0.1, 0.15) is 128 Å². The zero-order chi connectivity index (χ0) is 39.5. The third-order valence-corrected chi connectivity index (χ3v) is 11.5. The van der Waals surface area contributed by atoms with Gasteiger partial charge in [-0.3, -0.25) is 9.05 Å². The Bertz CT molecular complexity index is 1570. The summed E-state index contributed by atoms with van der Waals surface area (Å²) in [6.45, 7) is 3.94. The second kappa shape index (κ2) is 23.9. The molecule has 1 fully saturated rings. The lowest BCUT2D eigenvalue weighted by Gasteiger charge is -2.27. The van der Waals surface area contributed by atoms with Crippen LogP contribution in [0.25, 0.3) is 5.52 Å². The lowest BCUT2D eigenvalue weighted by molar-refractivity contribution is -0.0901. The van der Waals surface area contributed by atoms with E-state index in [1.165, 1.54) is 101 Å². The molecule has 3 aromatic rings. The molecule has 0 radical (unpaired) electrons. The van der Waals surface area contributed by atoms with Crippen LogP contribution in [-0.4, -0.2) is 80.5 Å². The van der Waals surface area contributed by atoms with E-state index < -0.39 is 44.4 Å². The number of phosphoric acid groups is 1. The van der Waals surface area contributed by atoms with Gasteiger partial charge in [0.05, 0.1) is 32.1 Å².